The molecule has 1 heterocycles. The zero-order chi connectivity index (χ0) is 14.5. The van der Waals surface area contributed by atoms with Gasteiger partial charge in [-0.15, -0.1) is 0 Å². The van der Waals surface area contributed by atoms with Crippen molar-refractivity contribution in [1.82, 2.24) is 5.32 Å². The third-order valence-corrected chi connectivity index (χ3v) is 3.35. The fourth-order valence-electron chi connectivity index (χ4n) is 2.35. The number of nitrogens with one attached hydrogen (secondary N) is 1. The number of rotatable bonds is 7. The zero-order valence-corrected chi connectivity index (χ0v) is 13.0. The molecule has 2 aromatic rings. The monoisotopic (exact) mass is 275 g/mol. The van der Waals surface area contributed by atoms with Gasteiger partial charge in [0.25, 0.3) is 0 Å². The first-order chi connectivity index (χ1) is 9.67. The summed E-state index contributed by atoms with van der Waals surface area (Å²) >= 11 is 0. The highest BCUT2D eigenvalue weighted by molar-refractivity contribution is 5.87. The molecule has 0 radical (unpaired) electrons. The second kappa shape index (κ2) is 6.80. The van der Waals surface area contributed by atoms with Crippen molar-refractivity contribution in [3.63, 3.8) is 0 Å². The van der Waals surface area contributed by atoms with Crippen LogP contribution >= 0.6 is 0 Å². The number of hydrogen-bond acceptors (Lipinski definition) is 3. The van der Waals surface area contributed by atoms with E-state index < -0.39 is 0 Å². The van der Waals surface area contributed by atoms with E-state index in [0.717, 1.165) is 43.1 Å². The Morgan fingerprint density at radius 3 is 2.70 bits per heavy atom. The normalized spacial score (nSPS) is 11.4. The fourth-order valence-corrected chi connectivity index (χ4v) is 2.35. The molecular formula is C17H25NO2. The minimum absolute atomic E-state index is 0.448. The lowest BCUT2D eigenvalue weighted by molar-refractivity contribution is 0.315. The lowest BCUT2D eigenvalue weighted by atomic mass is 10.1. The number of fused-ring (bicyclic) bond motifs is 1. The Morgan fingerprint density at radius 2 is 2.05 bits per heavy atom. The molecule has 0 unspecified atom stereocenters. The van der Waals surface area contributed by atoms with Crippen molar-refractivity contribution >= 4 is 11.0 Å². The number of ether oxygens (including phenoxy) is 1. The minimum Gasteiger partial charge on any atom is -0.490 e. The molecule has 0 atom stereocenters. The molecule has 1 aromatic heterocycles. The zero-order valence-electron chi connectivity index (χ0n) is 13.0. The highest BCUT2D eigenvalue weighted by Gasteiger charge is 2.16. The SMILES string of the molecule is CCCOc1cccc2c(CC)c(CNC(C)C)oc12. The highest BCUT2D eigenvalue weighted by Crippen LogP contribution is 2.33. The summed E-state index contributed by atoms with van der Waals surface area (Å²) in [7, 11) is 0. The van der Waals surface area contributed by atoms with Gasteiger partial charge in [0.15, 0.2) is 11.3 Å². The third-order valence-electron chi connectivity index (χ3n) is 3.35. The number of para-hydroxylation sites is 1. The molecule has 1 N–H and O–H groups in total. The van der Waals surface area contributed by atoms with E-state index in [1.807, 2.05) is 12.1 Å². The van der Waals surface area contributed by atoms with E-state index in [2.05, 4.69) is 39.1 Å². The molecule has 110 valence electrons. The first-order valence-corrected chi connectivity index (χ1v) is 7.56. The van der Waals surface area contributed by atoms with E-state index >= 15 is 0 Å². The molecule has 0 fully saturated rings. The number of hydrogen-bond donors (Lipinski definition) is 1. The van der Waals surface area contributed by atoms with E-state index in [1.54, 1.807) is 0 Å². The Hall–Kier alpha value is -1.48. The van der Waals surface area contributed by atoms with Gasteiger partial charge < -0.3 is 14.5 Å². The van der Waals surface area contributed by atoms with Crippen LogP contribution < -0.4 is 10.1 Å². The average Bonchev–Trinajstić information content (AvgIpc) is 2.80. The lowest BCUT2D eigenvalue weighted by Gasteiger charge is -2.06. The summed E-state index contributed by atoms with van der Waals surface area (Å²) < 4.78 is 11.9. The van der Waals surface area contributed by atoms with Crippen LogP contribution in [0.15, 0.2) is 22.6 Å². The topological polar surface area (TPSA) is 34.4 Å². The molecule has 1 aromatic carbocycles. The van der Waals surface area contributed by atoms with E-state index in [1.165, 1.54) is 10.9 Å². The quantitative estimate of drug-likeness (QED) is 0.819. The van der Waals surface area contributed by atoms with Crippen molar-refractivity contribution in [1.29, 1.82) is 0 Å². The van der Waals surface area contributed by atoms with Crippen LogP contribution in [0.4, 0.5) is 0 Å². The Balaban J connectivity index is 2.38. The molecule has 0 amide bonds. The molecule has 0 spiro atoms. The fraction of sp³-hybridized carbons (Fsp3) is 0.529. The smallest absolute Gasteiger partial charge is 0.176 e. The maximum absolute atomic E-state index is 6.08. The molecule has 0 saturated carbocycles. The van der Waals surface area contributed by atoms with Crippen molar-refractivity contribution in [2.24, 2.45) is 0 Å². The molecule has 3 heteroatoms. The molecule has 20 heavy (non-hydrogen) atoms. The van der Waals surface area contributed by atoms with E-state index in [0.29, 0.717) is 6.04 Å². The first kappa shape index (κ1) is 14.9. The van der Waals surface area contributed by atoms with Gasteiger partial charge in [-0.3, -0.25) is 0 Å². The maximum atomic E-state index is 6.08. The van der Waals surface area contributed by atoms with Crippen LogP contribution in [0.3, 0.4) is 0 Å². The van der Waals surface area contributed by atoms with Crippen LogP contribution in [0.1, 0.15) is 45.4 Å². The standard InChI is InChI=1S/C17H25NO2/c1-5-10-19-15-9-7-8-14-13(6-2)16(20-17(14)15)11-18-12(3)4/h7-9,12,18H,5-6,10-11H2,1-4H3. The predicted octanol–water partition coefficient (Wildman–Crippen LogP) is 4.28. The molecule has 0 bridgehead atoms. The second-order valence-corrected chi connectivity index (χ2v) is 5.37. The Kier molecular flexibility index (Phi) is 5.07. The van der Waals surface area contributed by atoms with Crippen LogP contribution in [-0.2, 0) is 13.0 Å². The Bertz CT molecular complexity index is 557. The predicted molar refractivity (Wildman–Crippen MR) is 83.4 cm³/mol. The van der Waals surface area contributed by atoms with Crippen LogP contribution in [0.5, 0.6) is 5.75 Å². The molecule has 0 aliphatic heterocycles. The maximum Gasteiger partial charge on any atom is 0.176 e. The van der Waals surface area contributed by atoms with Gasteiger partial charge in [0.1, 0.15) is 5.76 Å². The lowest BCUT2D eigenvalue weighted by Crippen LogP contribution is -2.22. The van der Waals surface area contributed by atoms with Crippen LogP contribution in [0.25, 0.3) is 11.0 Å². The molecule has 2 rings (SSSR count). The summed E-state index contributed by atoms with van der Waals surface area (Å²) in [5.74, 6) is 1.89. The minimum atomic E-state index is 0.448. The van der Waals surface area contributed by atoms with Crippen LogP contribution in [0.2, 0.25) is 0 Å². The Morgan fingerprint density at radius 1 is 1.25 bits per heavy atom. The summed E-state index contributed by atoms with van der Waals surface area (Å²) in [5, 5.41) is 4.61. The van der Waals surface area contributed by atoms with Gasteiger partial charge in [-0.1, -0.05) is 39.8 Å². The third kappa shape index (κ3) is 3.15. The molecule has 0 aliphatic rings. The van der Waals surface area contributed by atoms with Gasteiger partial charge in [-0.05, 0) is 18.9 Å². The molecule has 0 aliphatic carbocycles. The number of benzene rings is 1. The largest absolute Gasteiger partial charge is 0.490 e. The summed E-state index contributed by atoms with van der Waals surface area (Å²) in [4.78, 5) is 0. The van der Waals surface area contributed by atoms with Crippen molar-refractivity contribution in [3.05, 3.63) is 29.5 Å². The van der Waals surface area contributed by atoms with Crippen molar-refractivity contribution in [3.8, 4) is 5.75 Å². The highest BCUT2D eigenvalue weighted by atomic mass is 16.5. The molecular weight excluding hydrogens is 250 g/mol. The van der Waals surface area contributed by atoms with Gasteiger partial charge in [0.05, 0.1) is 13.2 Å². The second-order valence-electron chi connectivity index (χ2n) is 5.37. The summed E-state index contributed by atoms with van der Waals surface area (Å²) in [6, 6.07) is 6.60. The van der Waals surface area contributed by atoms with Crippen molar-refractivity contribution in [2.75, 3.05) is 6.61 Å². The van der Waals surface area contributed by atoms with Gasteiger partial charge in [0, 0.05) is 17.0 Å². The molecule has 3 nitrogen and oxygen atoms in total. The molecule has 0 saturated heterocycles. The van der Waals surface area contributed by atoms with Gasteiger partial charge in [-0.25, -0.2) is 0 Å². The summed E-state index contributed by atoms with van der Waals surface area (Å²) in [5.41, 5.74) is 2.17. The summed E-state index contributed by atoms with van der Waals surface area (Å²) in [6.07, 6.45) is 1.97. The number of aryl methyl sites for hydroxylation is 1. The van der Waals surface area contributed by atoms with Crippen molar-refractivity contribution < 1.29 is 9.15 Å². The Labute approximate surface area is 121 Å². The van der Waals surface area contributed by atoms with E-state index in [9.17, 15) is 0 Å². The van der Waals surface area contributed by atoms with Gasteiger partial charge in [-0.2, -0.15) is 0 Å². The number of furan rings is 1. The van der Waals surface area contributed by atoms with Crippen LogP contribution in [0, 0.1) is 0 Å². The van der Waals surface area contributed by atoms with Crippen LogP contribution in [-0.4, -0.2) is 12.6 Å². The van der Waals surface area contributed by atoms with Gasteiger partial charge in [0.2, 0.25) is 0 Å². The summed E-state index contributed by atoms with van der Waals surface area (Å²) in [6.45, 7) is 10.1. The average molecular weight is 275 g/mol. The first-order valence-electron chi connectivity index (χ1n) is 7.56. The van der Waals surface area contributed by atoms with Gasteiger partial charge >= 0.3 is 0 Å². The van der Waals surface area contributed by atoms with Crippen molar-refractivity contribution in [2.45, 2.75) is 53.1 Å². The van der Waals surface area contributed by atoms with E-state index in [4.69, 9.17) is 9.15 Å². The van der Waals surface area contributed by atoms with E-state index in [-0.39, 0.29) is 0 Å².